The first kappa shape index (κ1) is 16.8. The van der Waals surface area contributed by atoms with Gasteiger partial charge in [0.1, 0.15) is 5.75 Å². The van der Waals surface area contributed by atoms with E-state index in [2.05, 4.69) is 17.4 Å². The summed E-state index contributed by atoms with van der Waals surface area (Å²) in [5.74, 6) is 2.48. The van der Waals surface area contributed by atoms with Gasteiger partial charge in [0, 0.05) is 11.6 Å². The molecule has 128 valence electrons. The van der Waals surface area contributed by atoms with Crippen LogP contribution in [0.15, 0.2) is 24.3 Å². The molecule has 0 radical (unpaired) electrons. The molecule has 1 heterocycles. The van der Waals surface area contributed by atoms with E-state index >= 15 is 0 Å². The summed E-state index contributed by atoms with van der Waals surface area (Å²) >= 11 is 0. The molecule has 0 unspecified atom stereocenters. The van der Waals surface area contributed by atoms with E-state index in [0.717, 1.165) is 18.7 Å². The van der Waals surface area contributed by atoms with E-state index in [1.807, 2.05) is 12.1 Å². The third-order valence-corrected chi connectivity index (χ3v) is 7.14. The molecule has 0 bridgehead atoms. The van der Waals surface area contributed by atoms with Gasteiger partial charge in [-0.15, -0.1) is 0 Å². The number of hydrogen-bond donors (Lipinski definition) is 1. The molecule has 23 heavy (non-hydrogen) atoms. The maximum atomic E-state index is 11.7. The summed E-state index contributed by atoms with van der Waals surface area (Å²) in [6.07, 6.45) is 5.83. The minimum Gasteiger partial charge on any atom is -0.496 e. The van der Waals surface area contributed by atoms with Gasteiger partial charge in [-0.05, 0) is 43.7 Å². The molecule has 3 rings (SSSR count). The van der Waals surface area contributed by atoms with Crippen LogP contribution >= 0.6 is 0 Å². The first-order chi connectivity index (χ1) is 11.1. The zero-order valence-electron chi connectivity index (χ0n) is 13.8. The maximum absolute atomic E-state index is 11.7. The molecule has 1 aliphatic heterocycles. The largest absolute Gasteiger partial charge is 0.496 e. The van der Waals surface area contributed by atoms with Gasteiger partial charge in [-0.1, -0.05) is 31.0 Å². The Kier molecular flexibility index (Phi) is 5.27. The zero-order chi connectivity index (χ0) is 16.3. The van der Waals surface area contributed by atoms with Gasteiger partial charge in [0.05, 0.1) is 18.6 Å². The quantitative estimate of drug-likeness (QED) is 0.867. The van der Waals surface area contributed by atoms with Crippen LogP contribution in [0.4, 0.5) is 0 Å². The van der Waals surface area contributed by atoms with Crippen LogP contribution in [0, 0.1) is 11.8 Å². The van der Waals surface area contributed by atoms with Gasteiger partial charge in [0.25, 0.3) is 0 Å². The molecule has 4 nitrogen and oxygen atoms in total. The Bertz CT molecular complexity index is 623. The van der Waals surface area contributed by atoms with Crippen LogP contribution in [0.2, 0.25) is 0 Å². The lowest BCUT2D eigenvalue weighted by molar-refractivity contribution is 0.330. The number of ether oxygens (including phenoxy) is 1. The number of hydrogen-bond acceptors (Lipinski definition) is 4. The molecule has 1 saturated heterocycles. The van der Waals surface area contributed by atoms with Crippen LogP contribution in [0.5, 0.6) is 5.75 Å². The fourth-order valence-electron chi connectivity index (χ4n) is 4.07. The summed E-state index contributed by atoms with van der Waals surface area (Å²) in [6, 6.07) is 8.47. The highest BCUT2D eigenvalue weighted by Gasteiger charge is 2.31. The Morgan fingerprint density at radius 3 is 2.61 bits per heavy atom. The highest BCUT2D eigenvalue weighted by atomic mass is 32.2. The third kappa shape index (κ3) is 4.07. The molecule has 1 N–H and O–H groups in total. The number of nitrogens with one attached hydrogen (secondary N) is 1. The number of para-hydroxylation sites is 1. The molecule has 1 aliphatic carbocycles. The second kappa shape index (κ2) is 7.22. The van der Waals surface area contributed by atoms with Crippen molar-refractivity contribution < 1.29 is 13.2 Å². The van der Waals surface area contributed by atoms with Crippen molar-refractivity contribution in [3.05, 3.63) is 29.8 Å². The summed E-state index contributed by atoms with van der Waals surface area (Å²) < 4.78 is 28.9. The molecule has 1 aromatic rings. The summed E-state index contributed by atoms with van der Waals surface area (Å²) in [6.45, 7) is 0.776. The van der Waals surface area contributed by atoms with Crippen molar-refractivity contribution in [3.8, 4) is 5.75 Å². The van der Waals surface area contributed by atoms with E-state index in [1.54, 1.807) is 7.11 Å². The summed E-state index contributed by atoms with van der Waals surface area (Å²) in [7, 11) is -1.09. The van der Waals surface area contributed by atoms with E-state index < -0.39 is 9.84 Å². The molecule has 0 amide bonds. The number of benzene rings is 1. The molecule has 2 aliphatic rings. The van der Waals surface area contributed by atoms with E-state index in [-0.39, 0.29) is 12.0 Å². The van der Waals surface area contributed by atoms with E-state index in [1.165, 1.54) is 31.2 Å². The standard InChI is InChI=1S/C18H27NO3S/c1-22-17-9-5-4-8-16(17)18(15-6-2-3-7-15)19-12-14-10-11-23(20,21)13-14/h4-5,8-9,14-15,18-19H,2-3,6-7,10-13H2,1H3/t14-,18+/m1/s1. The fraction of sp³-hybridized carbons (Fsp3) is 0.667. The summed E-state index contributed by atoms with van der Waals surface area (Å²) in [5, 5.41) is 3.69. The molecule has 1 saturated carbocycles. The molecule has 0 spiro atoms. The Balaban J connectivity index is 1.73. The average molecular weight is 337 g/mol. The molecule has 2 atom stereocenters. The second-order valence-electron chi connectivity index (χ2n) is 6.94. The first-order valence-corrected chi connectivity index (χ1v) is 10.5. The van der Waals surface area contributed by atoms with Gasteiger partial charge in [0.15, 0.2) is 9.84 Å². The van der Waals surface area contributed by atoms with Crippen molar-refractivity contribution in [2.75, 3.05) is 25.2 Å². The molecule has 0 aromatic heterocycles. The van der Waals surface area contributed by atoms with Gasteiger partial charge in [0.2, 0.25) is 0 Å². The summed E-state index contributed by atoms with van der Waals surface area (Å²) in [4.78, 5) is 0. The highest BCUT2D eigenvalue weighted by Crippen LogP contribution is 2.39. The Morgan fingerprint density at radius 2 is 1.96 bits per heavy atom. The fourth-order valence-corrected chi connectivity index (χ4v) is 5.93. The van der Waals surface area contributed by atoms with Gasteiger partial charge < -0.3 is 10.1 Å². The Morgan fingerprint density at radius 1 is 1.22 bits per heavy atom. The number of methoxy groups -OCH3 is 1. The van der Waals surface area contributed by atoms with Crippen molar-refractivity contribution in [1.82, 2.24) is 5.32 Å². The molecule has 1 aromatic carbocycles. The molecular formula is C18H27NO3S. The molecule has 2 fully saturated rings. The zero-order valence-corrected chi connectivity index (χ0v) is 14.6. The van der Waals surface area contributed by atoms with Crippen LogP contribution in [-0.4, -0.2) is 33.6 Å². The first-order valence-electron chi connectivity index (χ1n) is 8.66. The van der Waals surface area contributed by atoms with Crippen LogP contribution in [0.1, 0.15) is 43.7 Å². The predicted molar refractivity (Wildman–Crippen MR) is 92.5 cm³/mol. The van der Waals surface area contributed by atoms with Crippen LogP contribution < -0.4 is 10.1 Å². The lowest BCUT2D eigenvalue weighted by atomic mass is 9.90. The third-order valence-electron chi connectivity index (χ3n) is 5.30. The highest BCUT2D eigenvalue weighted by molar-refractivity contribution is 7.91. The minimum absolute atomic E-state index is 0.249. The average Bonchev–Trinajstić information content (AvgIpc) is 3.18. The minimum atomic E-state index is -2.80. The van der Waals surface area contributed by atoms with Crippen molar-refractivity contribution >= 4 is 9.84 Å². The van der Waals surface area contributed by atoms with E-state index in [9.17, 15) is 8.42 Å². The number of sulfone groups is 1. The van der Waals surface area contributed by atoms with Crippen LogP contribution in [0.25, 0.3) is 0 Å². The summed E-state index contributed by atoms with van der Waals surface area (Å²) in [5.41, 5.74) is 1.21. The molecule has 5 heteroatoms. The normalized spacial score (nSPS) is 25.5. The van der Waals surface area contributed by atoms with E-state index in [0.29, 0.717) is 17.4 Å². The predicted octanol–water partition coefficient (Wildman–Crippen LogP) is 2.95. The van der Waals surface area contributed by atoms with Crippen molar-refractivity contribution in [1.29, 1.82) is 0 Å². The maximum Gasteiger partial charge on any atom is 0.150 e. The monoisotopic (exact) mass is 337 g/mol. The van der Waals surface area contributed by atoms with Gasteiger partial charge in [-0.25, -0.2) is 8.42 Å². The van der Waals surface area contributed by atoms with Gasteiger partial charge in [-0.2, -0.15) is 0 Å². The van der Waals surface area contributed by atoms with Crippen molar-refractivity contribution in [2.45, 2.75) is 38.1 Å². The van der Waals surface area contributed by atoms with Gasteiger partial charge in [-0.3, -0.25) is 0 Å². The Hall–Kier alpha value is -1.07. The van der Waals surface area contributed by atoms with E-state index in [4.69, 9.17) is 4.74 Å². The van der Waals surface area contributed by atoms with Gasteiger partial charge >= 0.3 is 0 Å². The topological polar surface area (TPSA) is 55.4 Å². The lowest BCUT2D eigenvalue weighted by Crippen LogP contribution is -2.32. The van der Waals surface area contributed by atoms with Crippen molar-refractivity contribution in [3.63, 3.8) is 0 Å². The SMILES string of the molecule is COc1ccccc1[C@@H](NC[C@H]1CCS(=O)(=O)C1)C1CCCC1. The smallest absolute Gasteiger partial charge is 0.150 e. The Labute approximate surface area is 139 Å². The number of rotatable bonds is 6. The molecular weight excluding hydrogens is 310 g/mol. The lowest BCUT2D eigenvalue weighted by Gasteiger charge is -2.28. The second-order valence-corrected chi connectivity index (χ2v) is 9.17. The van der Waals surface area contributed by atoms with Crippen LogP contribution in [-0.2, 0) is 9.84 Å². The van der Waals surface area contributed by atoms with Crippen LogP contribution in [0.3, 0.4) is 0 Å². The van der Waals surface area contributed by atoms with Crippen molar-refractivity contribution in [2.24, 2.45) is 11.8 Å².